The lowest BCUT2D eigenvalue weighted by molar-refractivity contribution is -0.384. The number of non-ortho nitro benzene ring substituents is 1. The van der Waals surface area contributed by atoms with Crippen molar-refractivity contribution >= 4 is 17.5 Å². The topological polar surface area (TPSA) is 85.0 Å². The summed E-state index contributed by atoms with van der Waals surface area (Å²) >= 11 is 0. The minimum absolute atomic E-state index is 0.0298. The number of nitro groups is 1. The van der Waals surface area contributed by atoms with Crippen molar-refractivity contribution in [3.8, 4) is 0 Å². The Hall–Kier alpha value is -2.84. The van der Waals surface area contributed by atoms with E-state index in [4.69, 9.17) is 4.74 Å². The number of rotatable bonds is 5. The number of hydrogen-bond donors (Lipinski definition) is 0. The molecule has 0 fully saturated rings. The first-order valence-electron chi connectivity index (χ1n) is 6.25. The van der Waals surface area contributed by atoms with Gasteiger partial charge in [0, 0.05) is 24.2 Å². The smallest absolute Gasteiger partial charge is 0.280 e. The highest BCUT2D eigenvalue weighted by molar-refractivity contribution is 5.98. The highest BCUT2D eigenvalue weighted by Gasteiger charge is 2.23. The molecule has 1 heterocycles. The van der Waals surface area contributed by atoms with Crippen molar-refractivity contribution in [3.05, 3.63) is 52.1 Å². The molecule has 0 spiro atoms. The van der Waals surface area contributed by atoms with E-state index in [2.05, 4.69) is 5.10 Å². The van der Waals surface area contributed by atoms with E-state index < -0.39 is 16.9 Å². The molecule has 0 radical (unpaired) electrons. The molecule has 1 aliphatic heterocycles. The first-order valence-corrected chi connectivity index (χ1v) is 6.25. The van der Waals surface area contributed by atoms with Crippen molar-refractivity contribution in [2.24, 2.45) is 5.10 Å². The Labute approximate surface area is 123 Å². The molecule has 2 rings (SSSR count). The van der Waals surface area contributed by atoms with Gasteiger partial charge >= 0.3 is 0 Å². The molecule has 0 aliphatic carbocycles. The molecule has 9 heteroatoms. The second kappa shape index (κ2) is 6.74. The van der Waals surface area contributed by atoms with Gasteiger partial charge in [0.05, 0.1) is 4.92 Å². The van der Waals surface area contributed by atoms with Crippen LogP contribution in [0.3, 0.4) is 0 Å². The van der Waals surface area contributed by atoms with E-state index >= 15 is 0 Å². The van der Waals surface area contributed by atoms with Crippen LogP contribution in [0.15, 0.2) is 41.5 Å². The molecule has 0 N–H and O–H groups in total. The Kier molecular flexibility index (Phi) is 4.77. The number of halogens is 2. The van der Waals surface area contributed by atoms with E-state index in [-0.39, 0.29) is 31.2 Å². The van der Waals surface area contributed by atoms with Crippen LogP contribution in [0, 0.1) is 10.1 Å². The molecule has 0 aromatic heterocycles. The number of ether oxygens (including phenoxy) is 1. The lowest BCUT2D eigenvalue weighted by atomic mass is 10.2. The molecular weight excluding hydrogens is 300 g/mol. The second-order valence-corrected chi connectivity index (χ2v) is 4.30. The molecule has 22 heavy (non-hydrogen) atoms. The normalized spacial score (nSPS) is 14.2. The van der Waals surface area contributed by atoms with E-state index in [1.165, 1.54) is 18.2 Å². The lowest BCUT2D eigenvalue weighted by Gasteiger charge is -2.23. The average molecular weight is 311 g/mol. The highest BCUT2D eigenvalue weighted by Crippen LogP contribution is 2.17. The average Bonchev–Trinajstić information content (AvgIpc) is 2.49. The molecule has 1 aliphatic rings. The summed E-state index contributed by atoms with van der Waals surface area (Å²) in [6.07, 6.45) is -1.20. The third kappa shape index (κ3) is 3.84. The highest BCUT2D eigenvalue weighted by atomic mass is 19.3. The van der Waals surface area contributed by atoms with Gasteiger partial charge in [-0.1, -0.05) is 6.07 Å². The number of hydrazone groups is 1. The Bertz CT molecular complexity index is 656. The molecule has 0 saturated carbocycles. The monoisotopic (exact) mass is 311 g/mol. The lowest BCUT2D eigenvalue weighted by Crippen LogP contribution is -2.37. The van der Waals surface area contributed by atoms with Crippen molar-refractivity contribution in [2.75, 3.05) is 13.2 Å². The van der Waals surface area contributed by atoms with Gasteiger partial charge in [0.1, 0.15) is 0 Å². The molecular formula is C13H11F2N3O4. The molecule has 116 valence electrons. The number of amides is 1. The molecule has 0 bridgehead atoms. The molecule has 0 unspecified atom stereocenters. The van der Waals surface area contributed by atoms with Gasteiger partial charge in [-0.15, -0.1) is 5.10 Å². The van der Waals surface area contributed by atoms with E-state index in [1.54, 1.807) is 6.07 Å². The number of carbonyl (C=O) groups excluding carboxylic acids is 1. The van der Waals surface area contributed by atoms with Gasteiger partial charge in [-0.25, -0.2) is 5.01 Å². The quantitative estimate of drug-likeness (QED) is 0.617. The Morgan fingerprint density at radius 2 is 2.27 bits per heavy atom. The van der Waals surface area contributed by atoms with Gasteiger partial charge in [0.15, 0.2) is 6.61 Å². The van der Waals surface area contributed by atoms with Crippen LogP contribution in [0.5, 0.6) is 0 Å². The number of nitrogens with zero attached hydrogens (tertiary/aromatic N) is 3. The predicted octanol–water partition coefficient (Wildman–Crippen LogP) is 2.29. The van der Waals surface area contributed by atoms with Crippen LogP contribution in [-0.2, 0) is 9.53 Å². The fourth-order valence-corrected chi connectivity index (χ4v) is 1.76. The summed E-state index contributed by atoms with van der Waals surface area (Å²) < 4.78 is 29.1. The maximum atomic E-state index is 12.0. The predicted molar refractivity (Wildman–Crippen MR) is 72.2 cm³/mol. The summed E-state index contributed by atoms with van der Waals surface area (Å²) in [6.45, 7) is -0.332. The molecule has 1 amide bonds. The standard InChI is InChI=1S/C13H11F2N3O4/c14-11(15)5-2-6-17-12(19)8-22-13(16-17)9-3-1-4-10(7-9)18(20)21/h1,3-5,7H,2,6,8H2. The van der Waals surface area contributed by atoms with Crippen LogP contribution in [0.2, 0.25) is 0 Å². The zero-order valence-electron chi connectivity index (χ0n) is 11.2. The Balaban J connectivity index is 2.19. The third-order valence-corrected chi connectivity index (χ3v) is 2.78. The summed E-state index contributed by atoms with van der Waals surface area (Å²) in [5.74, 6) is -0.435. The fraction of sp³-hybridized carbons (Fsp3) is 0.231. The van der Waals surface area contributed by atoms with Crippen LogP contribution in [0.4, 0.5) is 14.5 Å². The minimum Gasteiger partial charge on any atom is -0.466 e. The summed E-state index contributed by atoms with van der Waals surface area (Å²) in [5, 5.41) is 15.7. The van der Waals surface area contributed by atoms with Crippen molar-refractivity contribution < 1.29 is 23.2 Å². The minimum atomic E-state index is -1.83. The van der Waals surface area contributed by atoms with Crippen LogP contribution in [-0.4, -0.2) is 34.9 Å². The summed E-state index contributed by atoms with van der Waals surface area (Å²) in [5.41, 5.74) is 0.189. The van der Waals surface area contributed by atoms with Crippen LogP contribution < -0.4 is 0 Å². The largest absolute Gasteiger partial charge is 0.466 e. The molecule has 1 aromatic rings. The van der Waals surface area contributed by atoms with E-state index in [0.717, 1.165) is 5.01 Å². The SMILES string of the molecule is O=C1COC(c2cccc([N+](=O)[O-])c2)=NN1CCC=C(F)F. The Morgan fingerprint density at radius 1 is 1.50 bits per heavy atom. The third-order valence-electron chi connectivity index (χ3n) is 2.78. The summed E-state index contributed by atoms with van der Waals surface area (Å²) in [7, 11) is 0. The maximum Gasteiger partial charge on any atom is 0.280 e. The molecule has 7 nitrogen and oxygen atoms in total. The van der Waals surface area contributed by atoms with Gasteiger partial charge in [0.2, 0.25) is 5.90 Å². The first-order chi connectivity index (χ1) is 10.5. The molecule has 1 aromatic carbocycles. The molecule has 0 saturated heterocycles. The van der Waals surface area contributed by atoms with Crippen LogP contribution >= 0.6 is 0 Å². The summed E-state index contributed by atoms with van der Waals surface area (Å²) in [6, 6.07) is 5.57. The number of benzene rings is 1. The Morgan fingerprint density at radius 3 is 2.95 bits per heavy atom. The second-order valence-electron chi connectivity index (χ2n) is 4.30. The van der Waals surface area contributed by atoms with Gasteiger partial charge in [0.25, 0.3) is 17.7 Å². The van der Waals surface area contributed by atoms with Gasteiger partial charge in [-0.3, -0.25) is 14.9 Å². The van der Waals surface area contributed by atoms with Crippen LogP contribution in [0.1, 0.15) is 12.0 Å². The van der Waals surface area contributed by atoms with Crippen molar-refractivity contribution in [2.45, 2.75) is 6.42 Å². The van der Waals surface area contributed by atoms with Crippen molar-refractivity contribution in [1.29, 1.82) is 0 Å². The van der Waals surface area contributed by atoms with Crippen molar-refractivity contribution in [1.82, 2.24) is 5.01 Å². The van der Waals surface area contributed by atoms with Gasteiger partial charge < -0.3 is 4.74 Å². The maximum absolute atomic E-state index is 12.0. The number of hydrogen-bond acceptors (Lipinski definition) is 5. The van der Waals surface area contributed by atoms with E-state index in [9.17, 15) is 23.7 Å². The van der Waals surface area contributed by atoms with E-state index in [0.29, 0.717) is 11.6 Å². The zero-order valence-corrected chi connectivity index (χ0v) is 11.2. The van der Waals surface area contributed by atoms with Gasteiger partial charge in [-0.05, 0) is 18.6 Å². The van der Waals surface area contributed by atoms with E-state index in [1.807, 2.05) is 0 Å². The van der Waals surface area contributed by atoms with Gasteiger partial charge in [-0.2, -0.15) is 8.78 Å². The first kappa shape index (κ1) is 15.5. The fourth-order valence-electron chi connectivity index (χ4n) is 1.76. The number of carbonyl (C=O) groups is 1. The van der Waals surface area contributed by atoms with Crippen LogP contribution in [0.25, 0.3) is 0 Å². The molecule has 0 atom stereocenters. The zero-order chi connectivity index (χ0) is 16.1. The number of nitro benzene ring substituents is 1. The van der Waals surface area contributed by atoms with Crippen molar-refractivity contribution in [3.63, 3.8) is 0 Å². The summed E-state index contributed by atoms with van der Waals surface area (Å²) in [4.78, 5) is 21.8.